The maximum atomic E-state index is 9.22. The van der Waals surface area contributed by atoms with E-state index in [1.54, 1.807) is 6.07 Å². The second kappa shape index (κ2) is 5.35. The maximum Gasteiger partial charge on any atom is 0.151 e. The summed E-state index contributed by atoms with van der Waals surface area (Å²) in [6.07, 6.45) is 1.32. The van der Waals surface area contributed by atoms with E-state index in [-0.39, 0.29) is 16.7 Å². The Hall–Kier alpha value is -1.56. The van der Waals surface area contributed by atoms with Crippen LogP contribution >= 0.6 is 0 Å². The number of nitriles is 1. The smallest absolute Gasteiger partial charge is 0.151 e. The van der Waals surface area contributed by atoms with Gasteiger partial charge in [-0.15, -0.1) is 0 Å². The first-order valence-electron chi connectivity index (χ1n) is 5.05. The van der Waals surface area contributed by atoms with Crippen LogP contribution in [0.2, 0.25) is 0 Å². The van der Waals surface area contributed by atoms with Crippen LogP contribution in [-0.2, 0) is 5.41 Å². The van der Waals surface area contributed by atoms with E-state index in [1.165, 1.54) is 6.20 Å². The van der Waals surface area contributed by atoms with Crippen LogP contribution in [0.5, 0.6) is 5.75 Å². The highest BCUT2D eigenvalue weighted by Crippen LogP contribution is 2.24. The molecule has 0 spiro atoms. The van der Waals surface area contributed by atoms with E-state index in [9.17, 15) is 5.11 Å². The van der Waals surface area contributed by atoms with E-state index in [0.29, 0.717) is 0 Å². The average Bonchev–Trinajstić information content (AvgIpc) is 2.20. The van der Waals surface area contributed by atoms with Crippen LogP contribution in [0.1, 0.15) is 45.9 Å². The van der Waals surface area contributed by atoms with Crippen molar-refractivity contribution in [2.24, 2.45) is 0 Å². The normalized spacial score (nSPS) is 9.87. The van der Waals surface area contributed by atoms with Crippen LogP contribution in [0.4, 0.5) is 0 Å². The molecule has 82 valence electrons. The summed E-state index contributed by atoms with van der Waals surface area (Å²) in [6.45, 7) is 10.0. The van der Waals surface area contributed by atoms with Gasteiger partial charge in [-0.05, 0) is 6.07 Å². The van der Waals surface area contributed by atoms with Crippen molar-refractivity contribution in [3.63, 3.8) is 0 Å². The molecule has 0 aliphatic carbocycles. The minimum atomic E-state index is -0.0979. The Bertz CT molecular complexity index is 359. The van der Waals surface area contributed by atoms with Gasteiger partial charge in [0.2, 0.25) is 0 Å². The summed E-state index contributed by atoms with van der Waals surface area (Å²) < 4.78 is 0. The molecule has 0 aliphatic heterocycles. The fourth-order valence-electron chi connectivity index (χ4n) is 0.948. The molecule has 3 heteroatoms. The highest BCUT2D eigenvalue weighted by atomic mass is 16.3. The molecule has 1 aromatic heterocycles. The van der Waals surface area contributed by atoms with Crippen LogP contribution < -0.4 is 0 Å². The summed E-state index contributed by atoms with van der Waals surface area (Å²) >= 11 is 0. The van der Waals surface area contributed by atoms with Gasteiger partial charge in [-0.3, -0.25) is 4.98 Å². The van der Waals surface area contributed by atoms with E-state index in [4.69, 9.17) is 5.26 Å². The molecule has 0 atom stereocenters. The zero-order valence-corrected chi connectivity index (χ0v) is 10.00. The van der Waals surface area contributed by atoms with Crippen LogP contribution in [0.3, 0.4) is 0 Å². The fourth-order valence-corrected chi connectivity index (χ4v) is 0.948. The van der Waals surface area contributed by atoms with Gasteiger partial charge in [-0.1, -0.05) is 34.6 Å². The zero-order chi connectivity index (χ0) is 12.1. The lowest BCUT2D eigenvalue weighted by atomic mass is 9.91. The van der Waals surface area contributed by atoms with Crippen molar-refractivity contribution in [1.29, 1.82) is 5.26 Å². The third-order valence-electron chi connectivity index (χ3n) is 1.77. The SMILES string of the molecule is CC.CC(C)(C)c1cc(C#N)c(O)cn1. The molecule has 3 nitrogen and oxygen atoms in total. The van der Waals surface area contributed by atoms with Crippen LogP contribution in [-0.4, -0.2) is 10.1 Å². The average molecular weight is 206 g/mol. The van der Waals surface area contributed by atoms with Crippen molar-refractivity contribution in [3.8, 4) is 11.8 Å². The van der Waals surface area contributed by atoms with Crippen molar-refractivity contribution in [2.45, 2.75) is 40.0 Å². The molecule has 0 bridgehead atoms. The fraction of sp³-hybridized carbons (Fsp3) is 0.500. The Kier molecular flexibility index (Phi) is 4.80. The number of nitrogens with zero attached hydrogens (tertiary/aromatic N) is 2. The van der Waals surface area contributed by atoms with Crippen LogP contribution in [0.25, 0.3) is 0 Å². The van der Waals surface area contributed by atoms with Gasteiger partial charge in [0.05, 0.1) is 11.8 Å². The lowest BCUT2D eigenvalue weighted by Crippen LogP contribution is -2.13. The summed E-state index contributed by atoms with van der Waals surface area (Å²) in [5.41, 5.74) is 0.987. The zero-order valence-electron chi connectivity index (χ0n) is 10.00. The van der Waals surface area contributed by atoms with Gasteiger partial charge in [-0.2, -0.15) is 5.26 Å². The molecule has 0 saturated heterocycles. The standard InChI is InChI=1S/C10H12N2O.C2H6/c1-10(2,3)9-4-7(5-11)8(13)6-12-9;1-2/h4,6,13H,1-3H3;1-2H3. The first-order valence-corrected chi connectivity index (χ1v) is 5.05. The quantitative estimate of drug-likeness (QED) is 0.710. The summed E-state index contributed by atoms with van der Waals surface area (Å²) in [7, 11) is 0. The number of pyridine rings is 1. The van der Waals surface area contributed by atoms with Crippen molar-refractivity contribution >= 4 is 0 Å². The number of hydrogen-bond donors (Lipinski definition) is 1. The first kappa shape index (κ1) is 13.4. The Morgan fingerprint density at radius 3 is 2.27 bits per heavy atom. The number of aromatic nitrogens is 1. The molecular formula is C12H18N2O. The molecule has 1 aromatic rings. The number of aromatic hydroxyl groups is 1. The lowest BCUT2D eigenvalue weighted by molar-refractivity contribution is 0.467. The monoisotopic (exact) mass is 206 g/mol. The topological polar surface area (TPSA) is 56.9 Å². The van der Waals surface area contributed by atoms with Gasteiger partial charge in [0.15, 0.2) is 5.75 Å². The predicted molar refractivity (Wildman–Crippen MR) is 60.7 cm³/mol. The van der Waals surface area contributed by atoms with E-state index in [1.807, 2.05) is 40.7 Å². The van der Waals surface area contributed by atoms with Gasteiger partial charge in [0, 0.05) is 11.1 Å². The third kappa shape index (κ3) is 3.59. The third-order valence-corrected chi connectivity index (χ3v) is 1.77. The van der Waals surface area contributed by atoms with E-state index in [0.717, 1.165) is 5.69 Å². The minimum absolute atomic E-state index is 0.0597. The Morgan fingerprint density at radius 1 is 1.33 bits per heavy atom. The molecule has 0 aromatic carbocycles. The van der Waals surface area contributed by atoms with Gasteiger partial charge < -0.3 is 5.11 Å². The first-order chi connectivity index (χ1) is 6.95. The highest BCUT2D eigenvalue weighted by Gasteiger charge is 2.16. The Labute approximate surface area is 91.4 Å². The van der Waals surface area contributed by atoms with E-state index < -0.39 is 0 Å². The minimum Gasteiger partial charge on any atom is -0.505 e. The Morgan fingerprint density at radius 2 is 1.87 bits per heavy atom. The maximum absolute atomic E-state index is 9.22. The second-order valence-electron chi connectivity index (χ2n) is 3.95. The van der Waals surface area contributed by atoms with Gasteiger partial charge in [-0.25, -0.2) is 0 Å². The molecule has 0 fully saturated rings. The Balaban J connectivity index is 0.000000921. The lowest BCUT2D eigenvalue weighted by Gasteiger charge is -2.17. The molecule has 1 heterocycles. The molecule has 15 heavy (non-hydrogen) atoms. The van der Waals surface area contributed by atoms with Gasteiger partial charge in [0.25, 0.3) is 0 Å². The molecule has 1 rings (SSSR count). The summed E-state index contributed by atoms with van der Waals surface area (Å²) in [4.78, 5) is 4.06. The summed E-state index contributed by atoms with van der Waals surface area (Å²) in [5.74, 6) is -0.0597. The molecule has 1 N–H and O–H groups in total. The molecule has 0 aliphatic rings. The van der Waals surface area contributed by atoms with Crippen LogP contribution in [0.15, 0.2) is 12.3 Å². The molecule has 0 amide bonds. The highest BCUT2D eigenvalue weighted by molar-refractivity contribution is 5.42. The van der Waals surface area contributed by atoms with Crippen molar-refractivity contribution in [2.75, 3.05) is 0 Å². The summed E-state index contributed by atoms with van der Waals surface area (Å²) in [6, 6.07) is 3.54. The predicted octanol–water partition coefficient (Wildman–Crippen LogP) is 2.98. The number of hydrogen-bond acceptors (Lipinski definition) is 3. The molecule has 0 radical (unpaired) electrons. The summed E-state index contributed by atoms with van der Waals surface area (Å²) in [5, 5.41) is 17.9. The van der Waals surface area contributed by atoms with E-state index >= 15 is 0 Å². The largest absolute Gasteiger partial charge is 0.505 e. The van der Waals surface area contributed by atoms with Crippen molar-refractivity contribution < 1.29 is 5.11 Å². The molecule has 0 unspecified atom stereocenters. The van der Waals surface area contributed by atoms with E-state index in [2.05, 4.69) is 4.98 Å². The van der Waals surface area contributed by atoms with Gasteiger partial charge in [0.1, 0.15) is 6.07 Å². The van der Waals surface area contributed by atoms with Crippen LogP contribution in [0, 0.1) is 11.3 Å². The van der Waals surface area contributed by atoms with Gasteiger partial charge >= 0.3 is 0 Å². The van der Waals surface area contributed by atoms with Crippen molar-refractivity contribution in [1.82, 2.24) is 4.98 Å². The van der Waals surface area contributed by atoms with Crippen molar-refractivity contribution in [3.05, 3.63) is 23.5 Å². The molecule has 0 saturated carbocycles. The molecular weight excluding hydrogens is 188 g/mol. The second-order valence-corrected chi connectivity index (χ2v) is 3.95. The number of rotatable bonds is 0.